The number of nitrogens with zero attached hydrogens (tertiary/aromatic N) is 2. The maximum atomic E-state index is 12.4. The maximum absolute atomic E-state index is 12.4. The normalized spacial score (nSPS) is 17.3. The summed E-state index contributed by atoms with van der Waals surface area (Å²) >= 11 is 0. The number of carbonyl (C=O) groups is 1. The number of carbonyl (C=O) groups excluding carboxylic acids is 1. The van der Waals surface area contributed by atoms with E-state index in [4.69, 9.17) is 4.42 Å². The van der Waals surface area contributed by atoms with E-state index in [0.29, 0.717) is 24.7 Å². The highest BCUT2D eigenvalue weighted by atomic mass is 16.4. The van der Waals surface area contributed by atoms with Gasteiger partial charge >= 0.3 is 5.76 Å². The third kappa shape index (κ3) is 4.65. The fourth-order valence-electron chi connectivity index (χ4n) is 4.22. The van der Waals surface area contributed by atoms with Crippen LogP contribution in [0, 0.1) is 0 Å². The van der Waals surface area contributed by atoms with Crippen molar-refractivity contribution in [1.29, 1.82) is 0 Å². The molecular formula is C24H29N3O3. The minimum absolute atomic E-state index is 0.0756. The van der Waals surface area contributed by atoms with Crippen LogP contribution < -0.4 is 11.1 Å². The summed E-state index contributed by atoms with van der Waals surface area (Å²) in [5.74, 6) is -0.502. The fraction of sp³-hybridized carbons (Fsp3) is 0.417. The number of para-hydroxylation sites is 2. The van der Waals surface area contributed by atoms with Crippen molar-refractivity contribution in [3.8, 4) is 0 Å². The van der Waals surface area contributed by atoms with E-state index in [1.54, 1.807) is 6.07 Å². The van der Waals surface area contributed by atoms with Crippen molar-refractivity contribution in [1.82, 2.24) is 14.8 Å². The number of oxazole rings is 1. The van der Waals surface area contributed by atoms with Crippen molar-refractivity contribution in [3.05, 3.63) is 70.2 Å². The minimum Gasteiger partial charge on any atom is -0.408 e. The molecule has 2 heterocycles. The second-order valence-electron chi connectivity index (χ2n) is 8.10. The molecule has 4 rings (SSSR count). The molecule has 158 valence electrons. The lowest BCUT2D eigenvalue weighted by molar-refractivity contribution is -0.121. The van der Waals surface area contributed by atoms with Crippen LogP contribution in [0.25, 0.3) is 11.1 Å². The SMILES string of the molecule is CC1CCCCN1Cc1ccccc1CNC(=O)CCn1c(=O)oc2ccccc21. The summed E-state index contributed by atoms with van der Waals surface area (Å²) in [6, 6.07) is 16.2. The molecule has 0 saturated carbocycles. The van der Waals surface area contributed by atoms with Crippen LogP contribution in [0.2, 0.25) is 0 Å². The Balaban J connectivity index is 1.35. The summed E-state index contributed by atoms with van der Waals surface area (Å²) in [7, 11) is 0. The molecule has 0 spiro atoms. The van der Waals surface area contributed by atoms with Crippen LogP contribution >= 0.6 is 0 Å². The molecule has 30 heavy (non-hydrogen) atoms. The van der Waals surface area contributed by atoms with Crippen LogP contribution in [0.15, 0.2) is 57.7 Å². The van der Waals surface area contributed by atoms with E-state index in [0.717, 1.165) is 24.2 Å². The highest BCUT2D eigenvalue weighted by molar-refractivity contribution is 5.76. The van der Waals surface area contributed by atoms with Gasteiger partial charge in [-0.15, -0.1) is 0 Å². The Morgan fingerprint density at radius 1 is 1.10 bits per heavy atom. The minimum atomic E-state index is -0.426. The van der Waals surface area contributed by atoms with Crippen molar-refractivity contribution < 1.29 is 9.21 Å². The average molecular weight is 408 g/mol. The number of likely N-dealkylation sites (tertiary alicyclic amines) is 1. The molecule has 3 aromatic rings. The van der Waals surface area contributed by atoms with Crippen LogP contribution in [0.4, 0.5) is 0 Å². The molecule has 1 atom stereocenters. The quantitative estimate of drug-likeness (QED) is 0.649. The van der Waals surface area contributed by atoms with Gasteiger partial charge in [0, 0.05) is 32.1 Å². The number of rotatable bonds is 7. The van der Waals surface area contributed by atoms with Gasteiger partial charge in [0.25, 0.3) is 0 Å². The first-order valence-electron chi connectivity index (χ1n) is 10.8. The third-order valence-electron chi connectivity index (χ3n) is 6.04. The zero-order valence-electron chi connectivity index (χ0n) is 17.5. The second kappa shape index (κ2) is 9.30. The highest BCUT2D eigenvalue weighted by Gasteiger charge is 2.19. The van der Waals surface area contributed by atoms with Crippen molar-refractivity contribution >= 4 is 17.0 Å². The standard InChI is InChI=1S/C24H29N3O3/c1-18-8-6-7-14-26(18)17-20-10-3-2-9-19(20)16-25-23(28)13-15-27-21-11-4-5-12-22(21)30-24(27)29/h2-5,9-12,18H,6-8,13-17H2,1H3,(H,25,28). The van der Waals surface area contributed by atoms with Gasteiger partial charge in [-0.25, -0.2) is 4.79 Å². The highest BCUT2D eigenvalue weighted by Crippen LogP contribution is 2.21. The molecule has 1 unspecified atom stereocenters. The first-order chi connectivity index (χ1) is 14.6. The molecule has 1 N–H and O–H groups in total. The number of aryl methyl sites for hydroxylation is 1. The number of amides is 1. The molecule has 6 nitrogen and oxygen atoms in total. The van der Waals surface area contributed by atoms with Crippen LogP contribution in [0.5, 0.6) is 0 Å². The van der Waals surface area contributed by atoms with Gasteiger partial charge in [-0.1, -0.05) is 42.8 Å². The number of hydrogen-bond donors (Lipinski definition) is 1. The van der Waals surface area contributed by atoms with Gasteiger partial charge in [-0.2, -0.15) is 0 Å². The van der Waals surface area contributed by atoms with Gasteiger partial charge in [0.1, 0.15) is 0 Å². The topological polar surface area (TPSA) is 67.5 Å². The lowest BCUT2D eigenvalue weighted by Gasteiger charge is -2.33. The average Bonchev–Trinajstić information content (AvgIpc) is 3.08. The molecule has 1 fully saturated rings. The van der Waals surface area contributed by atoms with Crippen molar-refractivity contribution in [2.45, 2.75) is 58.3 Å². The van der Waals surface area contributed by atoms with E-state index in [1.165, 1.54) is 29.4 Å². The monoisotopic (exact) mass is 407 g/mol. The van der Waals surface area contributed by atoms with Gasteiger partial charge in [-0.05, 0) is 49.6 Å². The first-order valence-corrected chi connectivity index (χ1v) is 10.8. The second-order valence-corrected chi connectivity index (χ2v) is 8.10. The Labute approximate surface area is 176 Å². The number of benzene rings is 2. The summed E-state index contributed by atoms with van der Waals surface area (Å²) in [5, 5.41) is 3.01. The number of hydrogen-bond acceptors (Lipinski definition) is 4. The molecular weight excluding hydrogens is 378 g/mol. The van der Waals surface area contributed by atoms with Gasteiger partial charge in [0.2, 0.25) is 5.91 Å². The smallest absolute Gasteiger partial charge is 0.408 e. The molecule has 0 radical (unpaired) electrons. The van der Waals surface area contributed by atoms with Crippen molar-refractivity contribution in [2.24, 2.45) is 0 Å². The third-order valence-corrected chi connectivity index (χ3v) is 6.04. The molecule has 0 aliphatic carbocycles. The molecule has 1 aromatic heterocycles. The Morgan fingerprint density at radius 3 is 2.70 bits per heavy atom. The van der Waals surface area contributed by atoms with E-state index in [9.17, 15) is 9.59 Å². The Hall–Kier alpha value is -2.86. The summed E-state index contributed by atoms with van der Waals surface area (Å²) in [5.41, 5.74) is 3.68. The van der Waals surface area contributed by atoms with Crippen LogP contribution in [-0.2, 0) is 24.4 Å². The summed E-state index contributed by atoms with van der Waals surface area (Å²) in [4.78, 5) is 27.0. The fourth-order valence-corrected chi connectivity index (χ4v) is 4.22. The molecule has 2 aromatic carbocycles. The van der Waals surface area contributed by atoms with Crippen molar-refractivity contribution in [2.75, 3.05) is 6.54 Å². The molecule has 1 amide bonds. The van der Waals surface area contributed by atoms with Gasteiger partial charge in [0.05, 0.1) is 5.52 Å². The van der Waals surface area contributed by atoms with Gasteiger partial charge in [-0.3, -0.25) is 14.3 Å². The molecule has 1 saturated heterocycles. The van der Waals surface area contributed by atoms with E-state index in [2.05, 4.69) is 35.3 Å². The first kappa shape index (κ1) is 20.4. The molecule has 1 aliphatic heterocycles. The van der Waals surface area contributed by atoms with Gasteiger partial charge in [0.15, 0.2) is 5.58 Å². The predicted molar refractivity (Wildman–Crippen MR) is 117 cm³/mol. The van der Waals surface area contributed by atoms with E-state index < -0.39 is 5.76 Å². The van der Waals surface area contributed by atoms with E-state index in [-0.39, 0.29) is 12.3 Å². The predicted octanol–water partition coefficient (Wildman–Crippen LogP) is 3.68. The van der Waals surface area contributed by atoms with Crippen LogP contribution in [0.3, 0.4) is 0 Å². The number of aromatic nitrogens is 1. The Morgan fingerprint density at radius 2 is 1.87 bits per heavy atom. The lowest BCUT2D eigenvalue weighted by Crippen LogP contribution is -2.37. The zero-order valence-corrected chi connectivity index (χ0v) is 17.5. The Kier molecular flexibility index (Phi) is 6.33. The van der Waals surface area contributed by atoms with E-state index in [1.807, 2.05) is 24.3 Å². The molecule has 6 heteroatoms. The van der Waals surface area contributed by atoms with Crippen LogP contribution in [0.1, 0.15) is 43.7 Å². The molecule has 1 aliphatic rings. The maximum Gasteiger partial charge on any atom is 0.419 e. The van der Waals surface area contributed by atoms with Gasteiger partial charge < -0.3 is 9.73 Å². The number of nitrogens with one attached hydrogen (secondary N) is 1. The summed E-state index contributed by atoms with van der Waals surface area (Å²) < 4.78 is 6.74. The summed E-state index contributed by atoms with van der Waals surface area (Å²) in [6.45, 7) is 5.15. The Bertz CT molecular complexity index is 1070. The summed E-state index contributed by atoms with van der Waals surface area (Å²) in [6.07, 6.45) is 4.05. The number of piperidine rings is 1. The number of fused-ring (bicyclic) bond motifs is 1. The van der Waals surface area contributed by atoms with E-state index >= 15 is 0 Å². The lowest BCUT2D eigenvalue weighted by atomic mass is 10.0. The van der Waals surface area contributed by atoms with Crippen molar-refractivity contribution in [3.63, 3.8) is 0 Å². The molecule has 0 bridgehead atoms. The van der Waals surface area contributed by atoms with Crippen LogP contribution in [-0.4, -0.2) is 28.0 Å². The largest absolute Gasteiger partial charge is 0.419 e. The zero-order chi connectivity index (χ0) is 20.9.